The number of hydrogen-bond donors (Lipinski definition) is 0. The molecule has 1 saturated carbocycles. The van der Waals surface area contributed by atoms with E-state index in [0.29, 0.717) is 31.3 Å². The highest BCUT2D eigenvalue weighted by Crippen LogP contribution is 2.35. The number of aryl methyl sites for hydroxylation is 2. The number of carbonyl (C=O) groups excluding carboxylic acids is 1. The summed E-state index contributed by atoms with van der Waals surface area (Å²) in [4.78, 5) is 26.3. The fraction of sp³-hybridized carbons (Fsp3) is 0.429. The Hall–Kier alpha value is -2.56. The molecule has 0 atom stereocenters. The number of nitrogens with zero attached hydrogens (tertiary/aromatic N) is 2. The minimum Gasteiger partial charge on any atom is -0.486 e. The van der Waals surface area contributed by atoms with Gasteiger partial charge in [-0.3, -0.25) is 9.59 Å². The molecule has 2 aromatic rings. The average molecular weight is 352 g/mol. The van der Waals surface area contributed by atoms with Crippen molar-refractivity contribution in [3.63, 3.8) is 0 Å². The lowest BCUT2D eigenvalue weighted by Crippen LogP contribution is -2.56. The van der Waals surface area contributed by atoms with Gasteiger partial charge in [0.2, 0.25) is 5.91 Å². The fourth-order valence-electron chi connectivity index (χ4n) is 3.51. The van der Waals surface area contributed by atoms with Crippen LogP contribution in [0.2, 0.25) is 0 Å². The van der Waals surface area contributed by atoms with Crippen LogP contribution >= 0.6 is 0 Å². The van der Waals surface area contributed by atoms with E-state index in [-0.39, 0.29) is 17.6 Å². The minimum atomic E-state index is -0.0220. The van der Waals surface area contributed by atoms with Crippen molar-refractivity contribution in [2.24, 2.45) is 0 Å². The molecule has 0 radical (unpaired) electrons. The molecule has 0 spiro atoms. The number of pyridine rings is 1. The van der Waals surface area contributed by atoms with Gasteiger partial charge in [0.1, 0.15) is 11.9 Å². The zero-order chi connectivity index (χ0) is 18.1. The van der Waals surface area contributed by atoms with Crippen LogP contribution in [0.3, 0.4) is 0 Å². The normalized spacial score (nSPS) is 17.0. The second kappa shape index (κ2) is 6.98. The molecule has 26 heavy (non-hydrogen) atoms. The SMILES string of the molecule is Cc1cc(OC2CN(C(=O)CCc3ccccc3)C2)cc(=O)n1C1CC1. The second-order valence-corrected chi connectivity index (χ2v) is 7.30. The highest BCUT2D eigenvalue weighted by atomic mass is 16.5. The molecule has 2 heterocycles. The number of rotatable bonds is 6. The van der Waals surface area contributed by atoms with Gasteiger partial charge in [-0.15, -0.1) is 0 Å². The van der Waals surface area contributed by atoms with Crippen molar-refractivity contribution in [1.29, 1.82) is 0 Å². The molecule has 1 aromatic carbocycles. The first kappa shape index (κ1) is 16.9. The van der Waals surface area contributed by atoms with Crippen LogP contribution in [0.15, 0.2) is 47.3 Å². The average Bonchev–Trinajstić information content (AvgIpc) is 3.41. The molecule has 0 N–H and O–H groups in total. The van der Waals surface area contributed by atoms with Gasteiger partial charge >= 0.3 is 0 Å². The fourth-order valence-corrected chi connectivity index (χ4v) is 3.51. The van der Waals surface area contributed by atoms with Gasteiger partial charge in [-0.1, -0.05) is 30.3 Å². The van der Waals surface area contributed by atoms with Crippen molar-refractivity contribution in [1.82, 2.24) is 9.47 Å². The van der Waals surface area contributed by atoms with Gasteiger partial charge in [0, 0.05) is 24.2 Å². The van der Waals surface area contributed by atoms with Crippen molar-refractivity contribution in [2.75, 3.05) is 13.1 Å². The largest absolute Gasteiger partial charge is 0.486 e. The molecule has 5 heteroatoms. The summed E-state index contributed by atoms with van der Waals surface area (Å²) >= 11 is 0. The Labute approximate surface area is 153 Å². The number of likely N-dealkylation sites (tertiary alicyclic amines) is 1. The maximum atomic E-state index is 12.2. The van der Waals surface area contributed by atoms with Crippen molar-refractivity contribution in [3.8, 4) is 5.75 Å². The standard InChI is InChI=1S/C21H24N2O3/c1-15-11-18(12-21(25)23(15)17-8-9-17)26-19-13-22(14-19)20(24)10-7-16-5-3-2-4-6-16/h2-6,11-12,17,19H,7-10,13-14H2,1H3. The number of hydrogen-bond acceptors (Lipinski definition) is 3. The summed E-state index contributed by atoms with van der Waals surface area (Å²) in [6, 6.07) is 13.9. The van der Waals surface area contributed by atoms with E-state index >= 15 is 0 Å². The highest BCUT2D eigenvalue weighted by Gasteiger charge is 2.32. The zero-order valence-electron chi connectivity index (χ0n) is 15.1. The van der Waals surface area contributed by atoms with E-state index in [9.17, 15) is 9.59 Å². The second-order valence-electron chi connectivity index (χ2n) is 7.30. The summed E-state index contributed by atoms with van der Waals surface area (Å²) < 4.78 is 7.76. The van der Waals surface area contributed by atoms with Crippen molar-refractivity contribution >= 4 is 5.91 Å². The number of ether oxygens (including phenoxy) is 1. The van der Waals surface area contributed by atoms with Gasteiger partial charge in [-0.25, -0.2) is 0 Å². The Morgan fingerprint density at radius 3 is 2.54 bits per heavy atom. The maximum absolute atomic E-state index is 12.2. The first-order valence-corrected chi connectivity index (χ1v) is 9.32. The van der Waals surface area contributed by atoms with E-state index in [1.54, 1.807) is 6.07 Å². The molecule has 1 amide bonds. The maximum Gasteiger partial charge on any atom is 0.254 e. The van der Waals surface area contributed by atoms with Crippen molar-refractivity contribution in [3.05, 3.63) is 64.1 Å². The summed E-state index contributed by atoms with van der Waals surface area (Å²) in [5, 5.41) is 0. The molecular formula is C21H24N2O3. The van der Waals surface area contributed by atoms with E-state index in [1.165, 1.54) is 5.56 Å². The molecule has 136 valence electrons. The number of amides is 1. The first-order chi connectivity index (χ1) is 12.6. The Morgan fingerprint density at radius 1 is 1.15 bits per heavy atom. The van der Waals surface area contributed by atoms with Crippen LogP contribution in [0.5, 0.6) is 5.75 Å². The third-order valence-electron chi connectivity index (χ3n) is 5.12. The number of carbonyl (C=O) groups is 1. The topological polar surface area (TPSA) is 51.5 Å². The van der Waals surface area contributed by atoms with Gasteiger partial charge in [0.15, 0.2) is 0 Å². The molecule has 1 aliphatic heterocycles. The molecule has 1 saturated heterocycles. The van der Waals surface area contributed by atoms with Gasteiger partial charge < -0.3 is 14.2 Å². The molecule has 4 rings (SSSR count). The lowest BCUT2D eigenvalue weighted by molar-refractivity contribution is -0.139. The molecular weight excluding hydrogens is 328 g/mol. The van der Waals surface area contributed by atoms with Crippen LogP contribution in [0.1, 0.15) is 36.6 Å². The Balaban J connectivity index is 1.27. The summed E-state index contributed by atoms with van der Waals surface area (Å²) in [7, 11) is 0. The van der Waals surface area contributed by atoms with E-state index in [2.05, 4.69) is 0 Å². The first-order valence-electron chi connectivity index (χ1n) is 9.32. The summed E-state index contributed by atoms with van der Waals surface area (Å²) in [5.41, 5.74) is 2.14. The predicted molar refractivity (Wildman–Crippen MR) is 99.5 cm³/mol. The third kappa shape index (κ3) is 3.66. The van der Waals surface area contributed by atoms with Crippen LogP contribution in [-0.2, 0) is 11.2 Å². The molecule has 2 aliphatic rings. The quantitative estimate of drug-likeness (QED) is 0.803. The highest BCUT2D eigenvalue weighted by molar-refractivity contribution is 5.77. The summed E-state index contributed by atoms with van der Waals surface area (Å²) in [5.74, 6) is 0.778. The Kier molecular flexibility index (Phi) is 4.53. The van der Waals surface area contributed by atoms with Crippen molar-refractivity contribution < 1.29 is 9.53 Å². The zero-order valence-corrected chi connectivity index (χ0v) is 15.1. The number of benzene rings is 1. The van der Waals surface area contributed by atoms with Gasteiger partial charge in [-0.05, 0) is 37.8 Å². The molecule has 1 aromatic heterocycles. The smallest absolute Gasteiger partial charge is 0.254 e. The van der Waals surface area contributed by atoms with E-state index in [4.69, 9.17) is 4.74 Å². The minimum absolute atomic E-state index is 0.0117. The van der Waals surface area contributed by atoms with Gasteiger partial charge in [0.05, 0.1) is 13.1 Å². The summed E-state index contributed by atoms with van der Waals surface area (Å²) in [6.07, 6.45) is 3.44. The molecule has 0 bridgehead atoms. The van der Waals surface area contributed by atoms with Crippen LogP contribution in [0.4, 0.5) is 0 Å². The van der Waals surface area contributed by atoms with Gasteiger partial charge in [0.25, 0.3) is 5.56 Å². The van der Waals surface area contributed by atoms with Crippen LogP contribution in [-0.4, -0.2) is 34.6 Å². The van der Waals surface area contributed by atoms with E-state index in [0.717, 1.165) is 25.0 Å². The van der Waals surface area contributed by atoms with Gasteiger partial charge in [-0.2, -0.15) is 0 Å². The molecule has 1 aliphatic carbocycles. The predicted octanol–water partition coefficient (Wildman–Crippen LogP) is 2.71. The Morgan fingerprint density at radius 2 is 1.88 bits per heavy atom. The van der Waals surface area contributed by atoms with E-state index < -0.39 is 0 Å². The van der Waals surface area contributed by atoms with Crippen molar-refractivity contribution in [2.45, 2.75) is 44.8 Å². The lowest BCUT2D eigenvalue weighted by atomic mass is 10.1. The van der Waals surface area contributed by atoms with Crippen LogP contribution in [0, 0.1) is 6.92 Å². The van der Waals surface area contributed by atoms with Crippen LogP contribution in [0.25, 0.3) is 0 Å². The van der Waals surface area contributed by atoms with Crippen LogP contribution < -0.4 is 10.3 Å². The lowest BCUT2D eigenvalue weighted by Gasteiger charge is -2.39. The molecule has 2 fully saturated rings. The summed E-state index contributed by atoms with van der Waals surface area (Å²) in [6.45, 7) is 3.14. The van der Waals surface area contributed by atoms with E-state index in [1.807, 2.05) is 52.8 Å². The monoisotopic (exact) mass is 352 g/mol. The Bertz CT molecular complexity index is 849. The molecule has 0 unspecified atom stereocenters. The third-order valence-corrected chi connectivity index (χ3v) is 5.12. The molecule has 5 nitrogen and oxygen atoms in total. The number of aromatic nitrogens is 1.